The number of pyridine rings is 1. The molecule has 9 aromatic rings. The van der Waals surface area contributed by atoms with Gasteiger partial charge in [-0.1, -0.05) is 182 Å². The largest absolute Gasteiger partial charge is 0.509 e. The molecule has 2 aromatic heterocycles. The van der Waals surface area contributed by atoms with Gasteiger partial charge in [0, 0.05) is 61.3 Å². The number of hydrogen-bond donors (Lipinski definition) is 0. The summed E-state index contributed by atoms with van der Waals surface area (Å²) in [4.78, 5) is 9.64. The van der Waals surface area contributed by atoms with Crippen LogP contribution in [-0.4, -0.2) is 9.55 Å². The third kappa shape index (κ3) is 10.5. The molecule has 0 saturated carbocycles. The first-order valence-corrected chi connectivity index (χ1v) is 26.7. The van der Waals surface area contributed by atoms with Gasteiger partial charge < -0.3 is 19.1 Å². The quantitative estimate of drug-likeness (QED) is 0.128. The van der Waals surface area contributed by atoms with Gasteiger partial charge in [0.2, 0.25) is 0 Å². The normalized spacial score (nSPS) is 13.1. The van der Waals surface area contributed by atoms with Crippen LogP contribution in [-0.2, 0) is 37.3 Å². The third-order valence-electron chi connectivity index (χ3n) is 14.9. The first kappa shape index (κ1) is 53.4. The Labute approximate surface area is 462 Å². The van der Waals surface area contributed by atoms with E-state index in [4.69, 9.17) is 9.72 Å². The predicted octanol–water partition coefficient (Wildman–Crippen LogP) is 19.6. The molecule has 75 heavy (non-hydrogen) atoms. The van der Waals surface area contributed by atoms with E-state index < -0.39 is 0 Å². The van der Waals surface area contributed by atoms with Gasteiger partial charge in [0.1, 0.15) is 5.82 Å². The minimum Gasteiger partial charge on any atom is -0.509 e. The van der Waals surface area contributed by atoms with Gasteiger partial charge in [-0.15, -0.1) is 53.6 Å². The average Bonchev–Trinajstić information content (AvgIpc) is 3.91. The molecule has 0 N–H and O–H groups in total. The minimum atomic E-state index is -0.210. The van der Waals surface area contributed by atoms with Gasteiger partial charge in [0.25, 0.3) is 0 Å². The summed E-state index contributed by atoms with van der Waals surface area (Å²) in [6.07, 6.45) is 1.92. The number of hydrogen-bond acceptors (Lipinski definition) is 4. The molecule has 0 amide bonds. The van der Waals surface area contributed by atoms with E-state index in [9.17, 15) is 0 Å². The van der Waals surface area contributed by atoms with Gasteiger partial charge in [0.05, 0.1) is 0 Å². The molecule has 1 aliphatic rings. The fraction of sp³-hybridized carbons (Fsp3) is 0.304. The van der Waals surface area contributed by atoms with Crippen molar-refractivity contribution in [2.45, 2.75) is 138 Å². The molecule has 0 spiro atoms. The van der Waals surface area contributed by atoms with E-state index in [0.717, 1.165) is 55.9 Å². The topological polar surface area (TPSA) is 33.5 Å². The molecule has 0 radical (unpaired) electrons. The summed E-state index contributed by atoms with van der Waals surface area (Å²) in [5, 5.41) is 2.24. The van der Waals surface area contributed by atoms with E-state index >= 15 is 0 Å². The Hall–Kier alpha value is -6.42. The van der Waals surface area contributed by atoms with Crippen LogP contribution in [0.15, 0.2) is 146 Å². The Morgan fingerprint density at radius 3 is 1.81 bits per heavy atom. The molecule has 5 nitrogen and oxygen atoms in total. The Kier molecular flexibility index (Phi) is 14.4. The zero-order valence-corrected chi connectivity index (χ0v) is 49.0. The van der Waals surface area contributed by atoms with Crippen LogP contribution in [0.5, 0.6) is 11.5 Å². The standard InChI is InChI=1S/C69H73N4O.Pt/c1-43(2)48-33-59(44(3)4)66(60(34-48)45(5)6)47-25-28-62-64(35-47)72(42-71(62)53-32-49(46-21-17-16-18-22-46)31-51(36-53)68(10,11)12)54-37-52(69(13,14)15)38-56(40-54)74-55-26-27-58-57-23-19-20-24-61(57)73(63(58)41-55)65-39-50(29-30-70-65)67(7,8)9;/h16-39,42-45H,1-15H3;/q-3;. The molecule has 0 unspecified atom stereocenters. The number of rotatable bonds is 10. The summed E-state index contributed by atoms with van der Waals surface area (Å²) >= 11 is 0. The van der Waals surface area contributed by atoms with Crippen molar-refractivity contribution >= 4 is 44.6 Å². The fourth-order valence-electron chi connectivity index (χ4n) is 10.4. The summed E-state index contributed by atoms with van der Waals surface area (Å²) in [5.41, 5.74) is 18.5. The zero-order valence-electron chi connectivity index (χ0n) is 46.7. The number of ether oxygens (including phenoxy) is 1. The number of benzene rings is 7. The number of para-hydroxylation sites is 1. The maximum absolute atomic E-state index is 7.01. The van der Waals surface area contributed by atoms with E-state index in [1.807, 2.05) is 12.3 Å². The number of anilines is 4. The molecule has 3 heterocycles. The van der Waals surface area contributed by atoms with E-state index in [0.29, 0.717) is 29.3 Å². The van der Waals surface area contributed by atoms with Gasteiger partial charge in [-0.3, -0.25) is 0 Å². The van der Waals surface area contributed by atoms with Crippen molar-refractivity contribution in [2.75, 3.05) is 9.80 Å². The van der Waals surface area contributed by atoms with Gasteiger partial charge in [-0.2, -0.15) is 6.07 Å². The molecular weight excluding hydrogens is 1100 g/mol. The van der Waals surface area contributed by atoms with Crippen molar-refractivity contribution in [3.63, 3.8) is 0 Å². The molecule has 0 fully saturated rings. The number of aromatic nitrogens is 2. The van der Waals surface area contributed by atoms with E-state index in [2.05, 4.69) is 270 Å². The van der Waals surface area contributed by atoms with Crippen LogP contribution in [0, 0.1) is 18.8 Å². The summed E-state index contributed by atoms with van der Waals surface area (Å²) in [6, 6.07) is 58.9. The van der Waals surface area contributed by atoms with E-state index in [-0.39, 0.29) is 37.3 Å². The molecule has 1 aliphatic heterocycles. The molecule has 6 heteroatoms. The molecule has 388 valence electrons. The van der Waals surface area contributed by atoms with Crippen molar-refractivity contribution in [3.05, 3.63) is 198 Å². The fourth-order valence-corrected chi connectivity index (χ4v) is 10.4. The summed E-state index contributed by atoms with van der Waals surface area (Å²) in [7, 11) is 0. The van der Waals surface area contributed by atoms with Crippen LogP contribution in [0.25, 0.3) is 49.9 Å². The van der Waals surface area contributed by atoms with Gasteiger partial charge >= 0.3 is 0 Å². The average molecular weight is 1170 g/mol. The molecule has 0 aliphatic carbocycles. The van der Waals surface area contributed by atoms with Crippen LogP contribution in [0.4, 0.5) is 22.7 Å². The van der Waals surface area contributed by atoms with E-state index in [1.165, 1.54) is 50.1 Å². The van der Waals surface area contributed by atoms with E-state index in [1.54, 1.807) is 0 Å². The third-order valence-corrected chi connectivity index (χ3v) is 14.9. The first-order chi connectivity index (χ1) is 35.0. The van der Waals surface area contributed by atoms with Gasteiger partial charge in [0.15, 0.2) is 0 Å². The second-order valence-corrected chi connectivity index (χ2v) is 24.5. The van der Waals surface area contributed by atoms with Crippen LogP contribution >= 0.6 is 0 Å². The molecular formula is C69H73N4OPt-3. The SMILES string of the molecule is CC(C)c1cc(C(C)C)c(-c2ccc3c(c2)N(c2[c-]c(Oc4[c-]c5c(cc4)c4ccccc4n5-c4cc(C(C)(C)C)ccn4)cc(C(C)(C)C)c2)[CH-]N3c2cc(-c3ccccc3)cc(C(C)(C)C)c2)c(C(C)C)c1.[Pt]. The summed E-state index contributed by atoms with van der Waals surface area (Å²) in [6.45, 7) is 36.6. The van der Waals surface area contributed by atoms with Gasteiger partial charge in [-0.05, 0) is 132 Å². The minimum absolute atomic E-state index is 0. The van der Waals surface area contributed by atoms with Crippen molar-refractivity contribution in [1.82, 2.24) is 9.55 Å². The molecule has 10 rings (SSSR count). The Morgan fingerprint density at radius 2 is 1.16 bits per heavy atom. The van der Waals surface area contributed by atoms with Crippen LogP contribution in [0.2, 0.25) is 0 Å². The van der Waals surface area contributed by atoms with Crippen molar-refractivity contribution < 1.29 is 25.8 Å². The maximum atomic E-state index is 7.01. The maximum Gasteiger partial charge on any atom is 0.135 e. The Morgan fingerprint density at radius 1 is 0.507 bits per heavy atom. The van der Waals surface area contributed by atoms with Crippen LogP contribution in [0.3, 0.4) is 0 Å². The van der Waals surface area contributed by atoms with Gasteiger partial charge in [-0.25, -0.2) is 4.98 Å². The zero-order chi connectivity index (χ0) is 52.6. The van der Waals surface area contributed by atoms with Crippen LogP contribution < -0.4 is 14.5 Å². The monoisotopic (exact) mass is 1170 g/mol. The second-order valence-electron chi connectivity index (χ2n) is 24.5. The summed E-state index contributed by atoms with van der Waals surface area (Å²) < 4.78 is 9.24. The first-order valence-electron chi connectivity index (χ1n) is 26.7. The predicted molar refractivity (Wildman–Crippen MR) is 313 cm³/mol. The van der Waals surface area contributed by atoms with Crippen molar-refractivity contribution in [1.29, 1.82) is 0 Å². The van der Waals surface area contributed by atoms with Crippen LogP contribution in [0.1, 0.15) is 155 Å². The number of nitrogens with zero attached hydrogens (tertiary/aromatic N) is 4. The smallest absolute Gasteiger partial charge is 0.135 e. The Bertz CT molecular complexity index is 3530. The molecule has 0 saturated heterocycles. The Balaban J connectivity index is 0.00000689. The number of fused-ring (bicyclic) bond motifs is 4. The molecule has 0 atom stereocenters. The summed E-state index contributed by atoms with van der Waals surface area (Å²) in [5.74, 6) is 3.19. The second kappa shape index (κ2) is 20.3. The van der Waals surface area contributed by atoms with Crippen molar-refractivity contribution in [2.24, 2.45) is 0 Å². The molecule has 7 aromatic carbocycles. The molecule has 0 bridgehead atoms. The van der Waals surface area contributed by atoms with Crippen molar-refractivity contribution in [3.8, 4) is 39.6 Å².